The van der Waals surface area contributed by atoms with Crippen LogP contribution >= 0.6 is 0 Å². The van der Waals surface area contributed by atoms with Gasteiger partial charge < -0.3 is 15.4 Å². The Bertz CT molecular complexity index is 384. The van der Waals surface area contributed by atoms with Gasteiger partial charge in [-0.1, -0.05) is 0 Å². The van der Waals surface area contributed by atoms with Gasteiger partial charge in [0.05, 0.1) is 11.5 Å². The first-order valence-corrected chi connectivity index (χ1v) is 5.33. The lowest BCUT2D eigenvalue weighted by Crippen LogP contribution is -2.12. The molecule has 0 unspecified atom stereocenters. The molecule has 1 aromatic heterocycles. The molecule has 0 radical (unpaired) electrons. The Balaban J connectivity index is 2.75. The van der Waals surface area contributed by atoms with Crippen molar-refractivity contribution in [3.8, 4) is 0 Å². The summed E-state index contributed by atoms with van der Waals surface area (Å²) in [6, 6.07) is 2.98. The van der Waals surface area contributed by atoms with E-state index < -0.39 is 4.92 Å². The van der Waals surface area contributed by atoms with E-state index in [-0.39, 0.29) is 11.5 Å². The molecule has 17 heavy (non-hydrogen) atoms. The van der Waals surface area contributed by atoms with Crippen molar-refractivity contribution in [2.45, 2.75) is 6.92 Å². The van der Waals surface area contributed by atoms with Gasteiger partial charge in [0.2, 0.25) is 5.82 Å². The summed E-state index contributed by atoms with van der Waals surface area (Å²) in [6.45, 7) is 3.48. The third-order valence-corrected chi connectivity index (χ3v) is 2.07. The minimum atomic E-state index is -0.463. The molecule has 94 valence electrons. The lowest BCUT2D eigenvalue weighted by Gasteiger charge is -2.07. The second-order valence-electron chi connectivity index (χ2n) is 3.20. The van der Waals surface area contributed by atoms with Crippen LogP contribution in [0.15, 0.2) is 12.1 Å². The molecule has 2 N–H and O–H groups in total. The van der Waals surface area contributed by atoms with E-state index in [1.807, 2.05) is 6.92 Å². The van der Waals surface area contributed by atoms with Crippen LogP contribution in [0.2, 0.25) is 0 Å². The molecule has 0 fully saturated rings. The van der Waals surface area contributed by atoms with Gasteiger partial charge in [-0.15, -0.1) is 0 Å². The van der Waals surface area contributed by atoms with Crippen molar-refractivity contribution in [1.29, 1.82) is 0 Å². The molecule has 0 aliphatic carbocycles. The maximum atomic E-state index is 10.8. The monoisotopic (exact) mass is 240 g/mol. The van der Waals surface area contributed by atoms with Gasteiger partial charge in [-0.05, 0) is 13.0 Å². The number of hydrogen-bond donors (Lipinski definition) is 2. The molecule has 0 saturated heterocycles. The van der Waals surface area contributed by atoms with Crippen LogP contribution in [0.1, 0.15) is 6.92 Å². The highest BCUT2D eigenvalue weighted by atomic mass is 16.6. The van der Waals surface area contributed by atoms with Gasteiger partial charge in [0.1, 0.15) is 5.82 Å². The van der Waals surface area contributed by atoms with Crippen LogP contribution in [0.25, 0.3) is 0 Å². The molecule has 1 aromatic rings. The lowest BCUT2D eigenvalue weighted by atomic mass is 10.3. The van der Waals surface area contributed by atoms with E-state index in [4.69, 9.17) is 4.74 Å². The Hall–Kier alpha value is -1.89. The maximum absolute atomic E-state index is 10.8. The summed E-state index contributed by atoms with van der Waals surface area (Å²) < 4.78 is 5.14. The molecule has 0 atom stereocenters. The van der Waals surface area contributed by atoms with E-state index in [1.54, 1.807) is 13.1 Å². The normalized spacial score (nSPS) is 10.0. The Morgan fingerprint density at radius 1 is 1.53 bits per heavy atom. The molecule has 7 heteroatoms. The van der Waals surface area contributed by atoms with Gasteiger partial charge in [0.25, 0.3) is 0 Å². The smallest absolute Gasteiger partial charge is 0.311 e. The number of nitro groups is 1. The van der Waals surface area contributed by atoms with Gasteiger partial charge in [-0.3, -0.25) is 10.1 Å². The zero-order chi connectivity index (χ0) is 12.7. The average Bonchev–Trinajstić information content (AvgIpc) is 2.34. The summed E-state index contributed by atoms with van der Waals surface area (Å²) in [6.07, 6.45) is 0. The first-order chi connectivity index (χ1) is 8.19. The van der Waals surface area contributed by atoms with Crippen LogP contribution in [0.5, 0.6) is 0 Å². The van der Waals surface area contributed by atoms with Crippen LogP contribution < -0.4 is 10.6 Å². The summed E-state index contributed by atoms with van der Waals surface area (Å²) >= 11 is 0. The van der Waals surface area contributed by atoms with E-state index in [0.717, 1.165) is 0 Å². The van der Waals surface area contributed by atoms with Gasteiger partial charge in [-0.25, -0.2) is 4.98 Å². The third kappa shape index (κ3) is 3.87. The highest BCUT2D eigenvalue weighted by molar-refractivity contribution is 5.60. The number of pyridine rings is 1. The molecule has 1 heterocycles. The molecule has 0 amide bonds. The van der Waals surface area contributed by atoms with Crippen LogP contribution in [0.3, 0.4) is 0 Å². The number of aromatic nitrogens is 1. The second kappa shape index (κ2) is 6.64. The van der Waals surface area contributed by atoms with Crippen LogP contribution in [-0.2, 0) is 4.74 Å². The predicted octanol–water partition coefficient (Wildman–Crippen LogP) is 1.48. The number of ether oxygens (including phenoxy) is 1. The fourth-order valence-corrected chi connectivity index (χ4v) is 1.25. The molecule has 0 bridgehead atoms. The first kappa shape index (κ1) is 13.2. The van der Waals surface area contributed by atoms with Gasteiger partial charge in [-0.2, -0.15) is 0 Å². The molecule has 0 saturated carbocycles. The van der Waals surface area contributed by atoms with Crippen molar-refractivity contribution in [3.05, 3.63) is 22.2 Å². The number of nitrogens with zero attached hydrogens (tertiary/aromatic N) is 2. The zero-order valence-corrected chi connectivity index (χ0v) is 9.90. The van der Waals surface area contributed by atoms with Gasteiger partial charge >= 0.3 is 5.69 Å². The Morgan fingerprint density at radius 3 is 2.88 bits per heavy atom. The highest BCUT2D eigenvalue weighted by Crippen LogP contribution is 2.23. The standard InChI is InChI=1S/C10H16N4O3/c1-3-17-7-6-12-10-8(14(15)16)4-5-9(11-2)13-10/h4-5H,3,6-7H2,1-2H3,(H2,11,12,13). The number of hydrogen-bond acceptors (Lipinski definition) is 6. The maximum Gasteiger partial charge on any atom is 0.311 e. The Morgan fingerprint density at radius 2 is 2.29 bits per heavy atom. The predicted molar refractivity (Wildman–Crippen MR) is 65.4 cm³/mol. The largest absolute Gasteiger partial charge is 0.380 e. The minimum absolute atomic E-state index is 0.0412. The van der Waals surface area contributed by atoms with Crippen LogP contribution in [0.4, 0.5) is 17.3 Å². The van der Waals surface area contributed by atoms with Crippen molar-refractivity contribution in [2.24, 2.45) is 0 Å². The van der Waals surface area contributed by atoms with Crippen molar-refractivity contribution >= 4 is 17.3 Å². The summed E-state index contributed by atoms with van der Waals surface area (Å²) in [5, 5.41) is 16.5. The second-order valence-corrected chi connectivity index (χ2v) is 3.20. The molecule has 7 nitrogen and oxygen atoms in total. The van der Waals surface area contributed by atoms with Crippen molar-refractivity contribution in [1.82, 2.24) is 4.98 Å². The zero-order valence-electron chi connectivity index (χ0n) is 9.90. The quantitative estimate of drug-likeness (QED) is 0.426. The van der Waals surface area contributed by atoms with Crippen LogP contribution in [0, 0.1) is 10.1 Å². The number of nitrogens with one attached hydrogen (secondary N) is 2. The van der Waals surface area contributed by atoms with Crippen molar-refractivity contribution in [3.63, 3.8) is 0 Å². The summed E-state index contributed by atoms with van der Waals surface area (Å²) in [7, 11) is 1.71. The molecule has 0 aromatic carbocycles. The number of rotatable bonds is 7. The molecule has 0 aliphatic heterocycles. The summed E-state index contributed by atoms with van der Waals surface area (Å²) in [5.41, 5.74) is -0.0412. The highest BCUT2D eigenvalue weighted by Gasteiger charge is 2.15. The Labute approximate surface area is 99.3 Å². The fourth-order valence-electron chi connectivity index (χ4n) is 1.25. The van der Waals surface area contributed by atoms with E-state index in [0.29, 0.717) is 25.6 Å². The number of anilines is 2. The summed E-state index contributed by atoms with van der Waals surface area (Å²) in [5.74, 6) is 0.830. The lowest BCUT2D eigenvalue weighted by molar-refractivity contribution is -0.384. The van der Waals surface area contributed by atoms with Crippen molar-refractivity contribution < 1.29 is 9.66 Å². The topological polar surface area (TPSA) is 89.3 Å². The molecular formula is C10H16N4O3. The Kier molecular flexibility index (Phi) is 5.15. The molecule has 1 rings (SSSR count). The third-order valence-electron chi connectivity index (χ3n) is 2.07. The van der Waals surface area contributed by atoms with Crippen molar-refractivity contribution in [2.75, 3.05) is 37.4 Å². The van der Waals surface area contributed by atoms with Crippen LogP contribution in [-0.4, -0.2) is 36.7 Å². The van der Waals surface area contributed by atoms with E-state index in [1.165, 1.54) is 6.07 Å². The minimum Gasteiger partial charge on any atom is -0.380 e. The first-order valence-electron chi connectivity index (χ1n) is 5.33. The fraction of sp³-hybridized carbons (Fsp3) is 0.500. The SMILES string of the molecule is CCOCCNc1nc(NC)ccc1[N+](=O)[O-]. The van der Waals surface area contributed by atoms with Gasteiger partial charge in [0.15, 0.2) is 0 Å². The van der Waals surface area contributed by atoms with Gasteiger partial charge in [0, 0.05) is 26.3 Å². The van der Waals surface area contributed by atoms with E-state index >= 15 is 0 Å². The molecular weight excluding hydrogens is 224 g/mol. The summed E-state index contributed by atoms with van der Waals surface area (Å²) in [4.78, 5) is 14.4. The van der Waals surface area contributed by atoms with E-state index in [2.05, 4.69) is 15.6 Å². The molecule has 0 spiro atoms. The van der Waals surface area contributed by atoms with E-state index in [9.17, 15) is 10.1 Å². The molecule has 0 aliphatic rings. The average molecular weight is 240 g/mol.